The summed E-state index contributed by atoms with van der Waals surface area (Å²) in [6.07, 6.45) is 3.94. The van der Waals surface area contributed by atoms with E-state index in [1.807, 2.05) is 28.8 Å². The number of imidazole rings is 1. The zero-order valence-corrected chi connectivity index (χ0v) is 18.9. The average molecular weight is 487 g/mol. The summed E-state index contributed by atoms with van der Waals surface area (Å²) in [5, 5.41) is 6.91. The minimum atomic E-state index is -4.26. The van der Waals surface area contributed by atoms with Crippen LogP contribution in [0.15, 0.2) is 55.1 Å². The number of anilines is 1. The normalized spacial score (nSPS) is 14.0. The second-order valence-corrected chi connectivity index (χ2v) is 8.71. The van der Waals surface area contributed by atoms with Gasteiger partial charge in [-0.3, -0.25) is 9.38 Å². The summed E-state index contributed by atoms with van der Waals surface area (Å²) in [5.41, 5.74) is 4.43. The Morgan fingerprint density at radius 3 is 2.59 bits per heavy atom. The molecule has 1 aromatic carbocycles. The highest BCUT2D eigenvalue weighted by molar-refractivity contribution is 6.31. The monoisotopic (exact) mass is 486 g/mol. The molecule has 4 aromatic rings. The summed E-state index contributed by atoms with van der Waals surface area (Å²) in [4.78, 5) is 13.0. The van der Waals surface area contributed by atoms with Crippen LogP contribution in [-0.2, 0) is 6.54 Å². The van der Waals surface area contributed by atoms with E-state index in [1.54, 1.807) is 30.7 Å². The number of hydrogen-bond donors (Lipinski definition) is 2. The minimum Gasteiger partial charge on any atom is -0.367 e. The molecule has 34 heavy (non-hydrogen) atoms. The zero-order valence-electron chi connectivity index (χ0n) is 18.1. The maximum Gasteiger partial charge on any atom is 0.390 e. The number of hydrogen-bond acceptors (Lipinski definition) is 5. The third-order valence-electron chi connectivity index (χ3n) is 5.68. The second-order valence-electron chi connectivity index (χ2n) is 8.30. The quantitative estimate of drug-likeness (QED) is 0.333. The van der Waals surface area contributed by atoms with Crippen LogP contribution in [0, 0.1) is 0 Å². The van der Waals surface area contributed by atoms with Gasteiger partial charge in [0.1, 0.15) is 0 Å². The van der Waals surface area contributed by atoms with Crippen molar-refractivity contribution in [2.24, 2.45) is 0 Å². The zero-order chi connectivity index (χ0) is 23.7. The van der Waals surface area contributed by atoms with Gasteiger partial charge in [-0.15, -0.1) is 0 Å². The number of nitrogens with zero attached hydrogens (tertiary/aromatic N) is 4. The van der Waals surface area contributed by atoms with Gasteiger partial charge in [0.15, 0.2) is 11.5 Å². The Hall–Kier alpha value is -3.17. The topological polar surface area (TPSA) is 67.1 Å². The third kappa shape index (κ3) is 5.15. The van der Waals surface area contributed by atoms with Crippen LogP contribution in [0.2, 0.25) is 5.02 Å². The maximum atomic E-state index is 12.7. The van der Waals surface area contributed by atoms with E-state index in [-0.39, 0.29) is 12.4 Å². The van der Waals surface area contributed by atoms with Crippen molar-refractivity contribution in [2.75, 3.05) is 11.9 Å². The van der Waals surface area contributed by atoms with E-state index in [0.717, 1.165) is 22.4 Å². The van der Waals surface area contributed by atoms with E-state index in [4.69, 9.17) is 11.6 Å². The highest BCUT2D eigenvalue weighted by atomic mass is 35.5. The molecule has 0 amide bonds. The Kier molecular flexibility index (Phi) is 6.14. The molecule has 0 unspecified atom stereocenters. The first-order valence-electron chi connectivity index (χ1n) is 11.0. The molecule has 0 aliphatic heterocycles. The van der Waals surface area contributed by atoms with Crippen LogP contribution in [0.5, 0.6) is 0 Å². The summed E-state index contributed by atoms with van der Waals surface area (Å²) in [7, 11) is 0. The van der Waals surface area contributed by atoms with Gasteiger partial charge in [-0.2, -0.15) is 13.2 Å². The highest BCUT2D eigenvalue weighted by Crippen LogP contribution is 2.31. The number of halogens is 4. The van der Waals surface area contributed by atoms with E-state index < -0.39 is 12.6 Å². The largest absolute Gasteiger partial charge is 0.390 e. The summed E-state index contributed by atoms with van der Waals surface area (Å²) >= 11 is 6.56. The van der Waals surface area contributed by atoms with Gasteiger partial charge < -0.3 is 10.6 Å². The van der Waals surface area contributed by atoms with Crippen LogP contribution >= 0.6 is 11.6 Å². The van der Waals surface area contributed by atoms with Gasteiger partial charge >= 0.3 is 6.18 Å². The van der Waals surface area contributed by atoms with Gasteiger partial charge in [-0.1, -0.05) is 23.7 Å². The van der Waals surface area contributed by atoms with Crippen molar-refractivity contribution < 1.29 is 13.2 Å². The van der Waals surface area contributed by atoms with Crippen molar-refractivity contribution in [3.8, 4) is 22.5 Å². The van der Waals surface area contributed by atoms with Crippen LogP contribution in [0.3, 0.4) is 0 Å². The third-order valence-corrected chi connectivity index (χ3v) is 6.03. The fourth-order valence-corrected chi connectivity index (χ4v) is 3.94. The number of fused-ring (bicyclic) bond motifs is 1. The Balaban J connectivity index is 1.52. The van der Waals surface area contributed by atoms with E-state index in [2.05, 4.69) is 25.6 Å². The molecule has 1 fully saturated rings. The molecule has 3 aromatic heterocycles. The second kappa shape index (κ2) is 9.23. The lowest BCUT2D eigenvalue weighted by molar-refractivity contribution is -0.131. The van der Waals surface area contributed by atoms with Crippen LogP contribution in [0.25, 0.3) is 28.2 Å². The molecule has 0 atom stereocenters. The van der Waals surface area contributed by atoms with Gasteiger partial charge in [0.2, 0.25) is 0 Å². The van der Waals surface area contributed by atoms with Crippen molar-refractivity contribution in [1.82, 2.24) is 24.7 Å². The highest BCUT2D eigenvalue weighted by Gasteiger charge is 2.26. The predicted octanol–water partition coefficient (Wildman–Crippen LogP) is 5.73. The minimum absolute atomic E-state index is 0.279. The number of pyridine rings is 1. The molecule has 10 heteroatoms. The van der Waals surface area contributed by atoms with E-state index >= 15 is 0 Å². The molecule has 0 spiro atoms. The van der Waals surface area contributed by atoms with Crippen molar-refractivity contribution in [1.29, 1.82) is 0 Å². The van der Waals surface area contributed by atoms with Gasteiger partial charge in [-0.25, -0.2) is 9.97 Å². The van der Waals surface area contributed by atoms with E-state index in [0.29, 0.717) is 29.0 Å². The summed E-state index contributed by atoms with van der Waals surface area (Å²) in [5.74, 6) is 0.279. The first-order chi connectivity index (χ1) is 16.4. The fourth-order valence-electron chi connectivity index (χ4n) is 3.70. The molecule has 3 heterocycles. The number of nitrogens with one attached hydrogen (secondary N) is 2. The van der Waals surface area contributed by atoms with Gasteiger partial charge in [0.05, 0.1) is 24.0 Å². The van der Waals surface area contributed by atoms with Crippen molar-refractivity contribution in [2.45, 2.75) is 38.0 Å². The summed E-state index contributed by atoms with van der Waals surface area (Å²) in [6, 6.07) is 10.0. The Labute approximate surface area is 199 Å². The molecule has 5 rings (SSSR count). The number of alkyl halides is 3. The van der Waals surface area contributed by atoms with Crippen LogP contribution in [0.4, 0.5) is 19.0 Å². The van der Waals surface area contributed by atoms with Gasteiger partial charge in [0.25, 0.3) is 0 Å². The standard InChI is InChI=1S/C24H22ClF3N6/c25-19-11-16(1-2-17(19)12-31-18-3-4-18)21-13-32-23-22(30-10-7-24(26,27)28)33-20(14-34(21)23)15-5-8-29-9-6-15/h1-2,5-6,8-9,11,13-14,18,31H,3-4,7,10,12H2,(H,30,33). The smallest absolute Gasteiger partial charge is 0.367 e. The number of rotatable bonds is 8. The molecule has 1 saturated carbocycles. The predicted molar refractivity (Wildman–Crippen MR) is 126 cm³/mol. The van der Waals surface area contributed by atoms with Crippen molar-refractivity contribution in [3.05, 3.63) is 65.7 Å². The molecule has 2 N–H and O–H groups in total. The SMILES string of the molecule is FC(F)(F)CCNc1nc(-c2ccncc2)cn2c(-c3ccc(CNC4CC4)c(Cl)c3)cnc12. The van der Waals surface area contributed by atoms with Gasteiger partial charge in [0, 0.05) is 53.9 Å². The van der Waals surface area contributed by atoms with Crippen molar-refractivity contribution in [3.63, 3.8) is 0 Å². The fraction of sp³-hybridized carbons (Fsp3) is 0.292. The molecule has 0 radical (unpaired) electrons. The molecule has 0 bridgehead atoms. The van der Waals surface area contributed by atoms with E-state index in [1.165, 1.54) is 12.8 Å². The number of benzene rings is 1. The van der Waals surface area contributed by atoms with Crippen LogP contribution < -0.4 is 10.6 Å². The lowest BCUT2D eigenvalue weighted by atomic mass is 10.1. The summed E-state index contributed by atoms with van der Waals surface area (Å²) < 4.78 is 40.0. The van der Waals surface area contributed by atoms with Crippen molar-refractivity contribution >= 4 is 23.1 Å². The van der Waals surface area contributed by atoms with Crippen LogP contribution in [0.1, 0.15) is 24.8 Å². The van der Waals surface area contributed by atoms with E-state index in [9.17, 15) is 13.2 Å². The first-order valence-corrected chi connectivity index (χ1v) is 11.4. The molecule has 6 nitrogen and oxygen atoms in total. The Morgan fingerprint density at radius 2 is 1.88 bits per heavy atom. The lowest BCUT2D eigenvalue weighted by Gasteiger charge is -2.13. The van der Waals surface area contributed by atoms with Gasteiger partial charge in [-0.05, 0) is 36.6 Å². The average Bonchev–Trinajstić information content (AvgIpc) is 3.54. The lowest BCUT2D eigenvalue weighted by Crippen LogP contribution is -2.16. The Morgan fingerprint density at radius 1 is 1.09 bits per heavy atom. The first kappa shape index (κ1) is 22.6. The molecular weight excluding hydrogens is 465 g/mol. The molecule has 0 saturated heterocycles. The molecule has 1 aliphatic rings. The molecular formula is C24H22ClF3N6. The number of aromatic nitrogens is 4. The Bertz CT molecular complexity index is 1300. The molecule has 1 aliphatic carbocycles. The van der Waals surface area contributed by atoms with Crippen LogP contribution in [-0.4, -0.2) is 38.1 Å². The maximum absolute atomic E-state index is 12.7. The summed E-state index contributed by atoms with van der Waals surface area (Å²) in [6.45, 7) is 0.406. The molecule has 176 valence electrons.